The van der Waals surface area contributed by atoms with E-state index < -0.39 is 67.3 Å². The van der Waals surface area contributed by atoms with Crippen molar-refractivity contribution in [2.75, 3.05) is 47.9 Å². The summed E-state index contributed by atoms with van der Waals surface area (Å²) in [5, 5.41) is 17.3. The molecule has 4 N–H and O–H groups in total. The van der Waals surface area contributed by atoms with Crippen LogP contribution < -0.4 is 9.44 Å². The molecule has 4 unspecified atom stereocenters. The molecule has 0 spiro atoms. The van der Waals surface area contributed by atoms with Crippen LogP contribution in [-0.4, -0.2) is 131 Å². The first kappa shape index (κ1) is 49.7. The summed E-state index contributed by atoms with van der Waals surface area (Å²) in [6.45, 7) is 6.27. The van der Waals surface area contributed by atoms with E-state index in [4.69, 9.17) is 14.6 Å². The van der Waals surface area contributed by atoms with E-state index in [0.29, 0.717) is 0 Å². The lowest BCUT2D eigenvalue weighted by atomic mass is 9.59. The molecule has 0 aliphatic carbocycles. The van der Waals surface area contributed by atoms with Crippen molar-refractivity contribution >= 4 is 38.0 Å². The van der Waals surface area contributed by atoms with Crippen LogP contribution in [-0.2, 0) is 52.0 Å². The largest absolute Gasteiger partial charge is 0.490 e. The highest BCUT2D eigenvalue weighted by Crippen LogP contribution is 2.52. The number of unbranched alkanes of at least 4 members (excludes halogenated alkanes) is 4. The highest BCUT2D eigenvalue weighted by molar-refractivity contribution is 7.89. The van der Waals surface area contributed by atoms with Gasteiger partial charge in [0.1, 0.15) is 30.7 Å². The maximum atomic E-state index is 14.4. The molecular weight excluding hydrogens is 818 g/mol. The molecule has 2 aliphatic heterocycles. The zero-order valence-electron chi connectivity index (χ0n) is 35.0. The van der Waals surface area contributed by atoms with E-state index in [9.17, 15) is 44.7 Å². The normalized spacial score (nSPS) is 23.5. The number of quaternary nitrogens is 2. The van der Waals surface area contributed by atoms with Gasteiger partial charge in [0.25, 0.3) is 0 Å². The third-order valence-corrected chi connectivity index (χ3v) is 14.3. The number of sulfonamides is 2. The monoisotopic (exact) mass is 878 g/mol. The molecule has 4 rings (SSSR count). The van der Waals surface area contributed by atoms with Crippen molar-refractivity contribution in [2.24, 2.45) is 0 Å². The number of likely N-dealkylation sites (N-methyl/N-ethyl adjacent to an activating group) is 2. The number of rotatable bonds is 20. The molecule has 2 saturated heterocycles. The lowest BCUT2D eigenvalue weighted by Crippen LogP contribution is -2.98. The summed E-state index contributed by atoms with van der Waals surface area (Å²) in [7, 11) is -1.14. The molecule has 0 aromatic heterocycles. The van der Waals surface area contributed by atoms with Crippen LogP contribution in [0.15, 0.2) is 58.3 Å². The number of likely N-dealkylation sites (tertiary alicyclic amines) is 2. The molecule has 2 aliphatic rings. The van der Waals surface area contributed by atoms with Crippen LogP contribution in [0.2, 0.25) is 0 Å². The summed E-state index contributed by atoms with van der Waals surface area (Å²) in [6.07, 6.45) is 2.07. The second-order valence-corrected chi connectivity index (χ2v) is 20.1. The number of carbonyl (C=O) groups excluding carboxylic acids is 1. The number of benzene rings is 2. The lowest BCUT2D eigenvalue weighted by Gasteiger charge is -2.71. The molecule has 59 heavy (non-hydrogen) atoms. The van der Waals surface area contributed by atoms with E-state index in [1.807, 2.05) is 28.2 Å². The third kappa shape index (κ3) is 12.2. The molecule has 2 heterocycles. The van der Waals surface area contributed by atoms with Gasteiger partial charge in [-0.3, -0.25) is 9.59 Å². The summed E-state index contributed by atoms with van der Waals surface area (Å²) in [6, 6.07) is 11.7. The summed E-state index contributed by atoms with van der Waals surface area (Å²) in [5.74, 6) is -4.51. The Kier molecular flexibility index (Phi) is 16.4. The Labute approximate surface area is 346 Å². The first-order chi connectivity index (χ1) is 27.2. The first-order valence-electron chi connectivity index (χ1n) is 19.8. The SMILES string of the molecule is CCCCCc1ccc(S(=O)(=O)NC2(CC(=O)OCC)C[N+](C)(C)C2C2(NS(=O)(=O)c3ccc(CCCCC)cc3)C[N+](C)(C)C2CC(=O)O)cc1.O=C(O)C(F)(F)F. The van der Waals surface area contributed by atoms with Crippen molar-refractivity contribution in [1.82, 2.24) is 9.44 Å². The maximum absolute atomic E-state index is 14.4. The Hall–Kier alpha value is -3.62. The van der Waals surface area contributed by atoms with Gasteiger partial charge >= 0.3 is 24.1 Å². The summed E-state index contributed by atoms with van der Waals surface area (Å²) in [4.78, 5) is 34.7. The highest BCUT2D eigenvalue weighted by Gasteiger charge is 2.80. The van der Waals surface area contributed by atoms with E-state index in [-0.39, 0.29) is 51.3 Å². The standard InChI is InChI=1S/C38H59N4O8S2.C2HF3O2/c1-8-11-13-15-29-17-21-31(22-18-29)51(46,47)39-37(26-35(45)50-10-3)27-42(6,7)36(37)38(28-41(4,5)33(38)25-34(43)44)40-52(48,49)32-23-19-30(20-24-32)16-14-12-9-2;3-2(4,5)1(6)7/h17-24,33,36,39-40H,8-16,25-28H2,1-7H3;(H,6,7)/q+1;/p+1. The molecule has 2 aromatic rings. The number of aliphatic carboxylic acids is 2. The molecule has 0 radical (unpaired) electrons. The Bertz CT molecular complexity index is 1990. The fourth-order valence-electron chi connectivity index (χ4n) is 9.21. The molecule has 19 heteroatoms. The minimum atomic E-state index is -5.08. The number of hydrogen-bond donors (Lipinski definition) is 4. The van der Waals surface area contributed by atoms with Gasteiger partial charge in [0.2, 0.25) is 20.0 Å². The van der Waals surface area contributed by atoms with Gasteiger partial charge in [-0.1, -0.05) is 63.8 Å². The molecular formula is C40H61F3N4O10S2+2. The van der Waals surface area contributed by atoms with Crippen LogP contribution in [0.3, 0.4) is 0 Å². The van der Waals surface area contributed by atoms with Crippen LogP contribution in [0, 0.1) is 0 Å². The van der Waals surface area contributed by atoms with Gasteiger partial charge in [-0.15, -0.1) is 0 Å². The predicted molar refractivity (Wildman–Crippen MR) is 214 cm³/mol. The predicted octanol–water partition coefficient (Wildman–Crippen LogP) is 4.86. The second-order valence-electron chi connectivity index (χ2n) is 16.8. The number of nitrogens with zero attached hydrogens (tertiary/aromatic N) is 2. The number of carboxylic acids is 2. The Balaban J connectivity index is 0.00000122. The number of hydrogen-bond acceptors (Lipinski definition) is 8. The van der Waals surface area contributed by atoms with E-state index in [2.05, 4.69) is 23.3 Å². The van der Waals surface area contributed by atoms with Gasteiger partial charge in [0.15, 0.2) is 5.54 Å². The van der Waals surface area contributed by atoms with Crippen LogP contribution in [0.4, 0.5) is 13.2 Å². The minimum Gasteiger partial charge on any atom is -0.481 e. The molecule has 0 bridgehead atoms. The van der Waals surface area contributed by atoms with Crippen LogP contribution >= 0.6 is 0 Å². The van der Waals surface area contributed by atoms with Crippen molar-refractivity contribution < 1.29 is 68.3 Å². The Morgan fingerprint density at radius 2 is 1.19 bits per heavy atom. The number of ether oxygens (including phenoxy) is 1. The van der Waals surface area contributed by atoms with Crippen LogP contribution in [0.25, 0.3) is 0 Å². The Morgan fingerprint density at radius 1 is 0.746 bits per heavy atom. The minimum absolute atomic E-state index is 0.0198. The Morgan fingerprint density at radius 3 is 1.54 bits per heavy atom. The van der Waals surface area contributed by atoms with Gasteiger partial charge in [-0.25, -0.2) is 21.6 Å². The zero-order valence-corrected chi connectivity index (χ0v) is 36.6. The van der Waals surface area contributed by atoms with Gasteiger partial charge in [-0.05, 0) is 68.0 Å². The van der Waals surface area contributed by atoms with Gasteiger partial charge in [-0.2, -0.15) is 22.6 Å². The average Bonchev–Trinajstić information content (AvgIpc) is 3.10. The zero-order chi connectivity index (χ0) is 44.7. The first-order valence-corrected chi connectivity index (χ1v) is 22.8. The van der Waals surface area contributed by atoms with Crippen molar-refractivity contribution in [3.63, 3.8) is 0 Å². The summed E-state index contributed by atoms with van der Waals surface area (Å²) in [5.41, 5.74) is -0.959. The molecule has 14 nitrogen and oxygen atoms in total. The third-order valence-electron chi connectivity index (χ3n) is 11.2. The van der Waals surface area contributed by atoms with Gasteiger partial charge in [0, 0.05) is 0 Å². The summed E-state index contributed by atoms with van der Waals surface area (Å²) < 4.78 is 101. The highest BCUT2D eigenvalue weighted by atomic mass is 32.2. The van der Waals surface area contributed by atoms with Crippen molar-refractivity contribution in [3.05, 3.63) is 59.7 Å². The maximum Gasteiger partial charge on any atom is 0.490 e. The van der Waals surface area contributed by atoms with Crippen molar-refractivity contribution in [2.45, 2.75) is 124 Å². The van der Waals surface area contributed by atoms with E-state index in [1.54, 1.807) is 55.5 Å². The number of alkyl halides is 3. The van der Waals surface area contributed by atoms with Gasteiger partial charge < -0.3 is 23.9 Å². The number of aryl methyl sites for hydroxylation is 2. The van der Waals surface area contributed by atoms with E-state index >= 15 is 0 Å². The molecule has 2 aromatic carbocycles. The molecule has 0 saturated carbocycles. The molecule has 2 fully saturated rings. The van der Waals surface area contributed by atoms with Crippen LogP contribution in [0.5, 0.6) is 0 Å². The quantitative estimate of drug-likeness (QED) is 0.0811. The second kappa shape index (κ2) is 19.4. The number of carbonyl (C=O) groups is 3. The number of halogens is 3. The van der Waals surface area contributed by atoms with E-state index in [0.717, 1.165) is 62.5 Å². The van der Waals surface area contributed by atoms with Crippen LogP contribution in [0.1, 0.15) is 83.3 Å². The molecule has 332 valence electrons. The van der Waals surface area contributed by atoms with E-state index in [1.165, 1.54) is 0 Å². The number of carboxylic acid groups (broad SMARTS) is 2. The smallest absolute Gasteiger partial charge is 0.481 e. The molecule has 4 atom stereocenters. The number of nitrogens with one attached hydrogen (secondary N) is 2. The van der Waals surface area contributed by atoms with Crippen molar-refractivity contribution in [3.8, 4) is 0 Å². The lowest BCUT2D eigenvalue weighted by molar-refractivity contribution is -1.02. The molecule has 0 amide bonds. The number of esters is 1. The fourth-order valence-corrected chi connectivity index (χ4v) is 12.0. The van der Waals surface area contributed by atoms with Gasteiger partial charge in [0.05, 0.1) is 57.4 Å². The fraction of sp³-hybridized carbons (Fsp3) is 0.625. The summed E-state index contributed by atoms with van der Waals surface area (Å²) >= 11 is 0. The topological polar surface area (TPSA) is 193 Å². The van der Waals surface area contributed by atoms with Crippen molar-refractivity contribution in [1.29, 1.82) is 0 Å². The average molecular weight is 879 g/mol.